The van der Waals surface area contributed by atoms with Crippen molar-refractivity contribution >= 4 is 32.2 Å². The van der Waals surface area contributed by atoms with E-state index >= 15 is 0 Å². The van der Waals surface area contributed by atoms with E-state index in [1.807, 2.05) is 6.07 Å². The van der Waals surface area contributed by atoms with Crippen LogP contribution in [0.25, 0.3) is 0 Å². The largest absolute Gasteiger partial charge is 0.489 e. The van der Waals surface area contributed by atoms with E-state index in [-0.39, 0.29) is 51.5 Å². The summed E-state index contributed by atoms with van der Waals surface area (Å²) in [5.74, 6) is -1.58. The van der Waals surface area contributed by atoms with Crippen molar-refractivity contribution in [2.24, 2.45) is 5.73 Å². The number of amides is 1. The molecule has 1 aliphatic rings. The number of nitriles is 1. The van der Waals surface area contributed by atoms with Gasteiger partial charge in [0, 0.05) is 18.8 Å². The lowest BCUT2D eigenvalue weighted by Gasteiger charge is -2.23. The first kappa shape index (κ1) is 33.1. The molecule has 1 amide bonds. The van der Waals surface area contributed by atoms with E-state index in [0.717, 1.165) is 35.6 Å². The Hall–Kier alpha value is -3.81. The van der Waals surface area contributed by atoms with Gasteiger partial charge in [0.2, 0.25) is 0 Å². The molecule has 1 aromatic heterocycles. The summed E-state index contributed by atoms with van der Waals surface area (Å²) in [4.78, 5) is 18.8. The van der Waals surface area contributed by atoms with Gasteiger partial charge >= 0.3 is 12.8 Å². The average molecular weight is 659 g/mol. The Labute approximate surface area is 253 Å². The molecule has 0 aliphatic carbocycles. The van der Waals surface area contributed by atoms with Gasteiger partial charge in [-0.25, -0.2) is 13.4 Å². The number of nitrogens with two attached hydrogens (primary N) is 1. The number of hydrogen-bond donors (Lipinski definition) is 1. The molecule has 9 nitrogen and oxygen atoms in total. The van der Waals surface area contributed by atoms with Crippen molar-refractivity contribution < 1.29 is 44.6 Å². The minimum absolute atomic E-state index is 0.0196. The van der Waals surface area contributed by atoms with Gasteiger partial charge < -0.3 is 20.1 Å². The van der Waals surface area contributed by atoms with Gasteiger partial charge in [-0.15, -0.1) is 0 Å². The van der Waals surface area contributed by atoms with Gasteiger partial charge in [0.15, 0.2) is 15.0 Å². The van der Waals surface area contributed by atoms with Crippen LogP contribution in [0.5, 0.6) is 5.75 Å². The Morgan fingerprint density at radius 3 is 2.39 bits per heavy atom. The third-order valence-electron chi connectivity index (χ3n) is 7.03. The fraction of sp³-hybridized carbons (Fsp3) is 0.393. The van der Waals surface area contributed by atoms with Gasteiger partial charge in [0.05, 0.1) is 47.2 Å². The highest BCUT2D eigenvalue weighted by Crippen LogP contribution is 2.39. The molecule has 2 aromatic carbocycles. The molecule has 0 saturated carbocycles. The fourth-order valence-electron chi connectivity index (χ4n) is 4.84. The van der Waals surface area contributed by atoms with E-state index in [9.17, 15) is 40.4 Å². The standard InChI is InChI=1S/C28H27F5N4O5S2/c1-2-44(39,40)21-9-3-16(4-10-21)22(11-12-34)23-24(25(35)38)43-27(36-23)37-14-20(13-18(37)15-41-26(29)30)42-19-7-5-17(6-8-19)28(31,32)33/h3-10,18,20,22,26H,2,11,13-15H2,1H3,(H2,35,38)/t18-,20-,22+/m0/s1. The number of nitrogens with zero attached hydrogens (tertiary/aromatic N) is 3. The summed E-state index contributed by atoms with van der Waals surface area (Å²) >= 11 is 0.887. The number of carbonyl (C=O) groups is 1. The van der Waals surface area contributed by atoms with Crippen LogP contribution in [0.15, 0.2) is 53.4 Å². The second-order valence-electron chi connectivity index (χ2n) is 9.86. The molecule has 236 valence electrons. The molecule has 44 heavy (non-hydrogen) atoms. The number of rotatable bonds is 12. The second-order valence-corrected chi connectivity index (χ2v) is 13.1. The normalized spacial score (nSPS) is 17.9. The van der Waals surface area contributed by atoms with Crippen LogP contribution in [-0.4, -0.2) is 57.0 Å². The molecule has 1 aliphatic heterocycles. The van der Waals surface area contributed by atoms with Crippen molar-refractivity contribution in [3.8, 4) is 11.8 Å². The third-order valence-corrected chi connectivity index (χ3v) is 9.91. The number of thiazole rings is 1. The lowest BCUT2D eigenvalue weighted by molar-refractivity contribution is -0.137. The minimum atomic E-state index is -4.53. The molecule has 0 spiro atoms. The van der Waals surface area contributed by atoms with Crippen LogP contribution < -0.4 is 15.4 Å². The van der Waals surface area contributed by atoms with Crippen LogP contribution in [0.4, 0.5) is 27.1 Å². The molecule has 0 radical (unpaired) electrons. The van der Waals surface area contributed by atoms with E-state index in [2.05, 4.69) is 9.72 Å². The van der Waals surface area contributed by atoms with Gasteiger partial charge in [-0.2, -0.15) is 27.2 Å². The molecule has 2 N–H and O–H groups in total. The number of halogens is 5. The molecular weight excluding hydrogens is 631 g/mol. The van der Waals surface area contributed by atoms with Gasteiger partial charge in [-0.1, -0.05) is 30.4 Å². The molecule has 2 heterocycles. The number of benzene rings is 2. The molecule has 3 atom stereocenters. The van der Waals surface area contributed by atoms with E-state index < -0.39 is 58.8 Å². The number of alkyl halides is 5. The van der Waals surface area contributed by atoms with Crippen molar-refractivity contribution in [2.45, 2.75) is 55.5 Å². The highest BCUT2D eigenvalue weighted by atomic mass is 32.2. The van der Waals surface area contributed by atoms with Crippen molar-refractivity contribution in [1.29, 1.82) is 5.26 Å². The second kappa shape index (κ2) is 13.4. The van der Waals surface area contributed by atoms with E-state index in [1.54, 1.807) is 4.90 Å². The first-order valence-corrected chi connectivity index (χ1v) is 15.7. The molecule has 1 saturated heterocycles. The number of hydrogen-bond acceptors (Lipinski definition) is 9. The van der Waals surface area contributed by atoms with E-state index in [0.29, 0.717) is 5.56 Å². The quantitative estimate of drug-likeness (QED) is 0.257. The van der Waals surface area contributed by atoms with Crippen LogP contribution >= 0.6 is 11.3 Å². The highest BCUT2D eigenvalue weighted by Gasteiger charge is 2.38. The van der Waals surface area contributed by atoms with Crippen LogP contribution in [0.1, 0.15) is 52.2 Å². The van der Waals surface area contributed by atoms with Crippen LogP contribution in [0.2, 0.25) is 0 Å². The topological polar surface area (TPSA) is 136 Å². The maximum atomic E-state index is 13.0. The molecule has 0 bridgehead atoms. The molecular formula is C28H27F5N4O5S2. The zero-order valence-electron chi connectivity index (χ0n) is 23.1. The average Bonchev–Trinajstić information content (AvgIpc) is 3.59. The third kappa shape index (κ3) is 7.63. The summed E-state index contributed by atoms with van der Waals surface area (Å²) in [6, 6.07) is 11.2. The lowest BCUT2D eigenvalue weighted by Crippen LogP contribution is -2.34. The van der Waals surface area contributed by atoms with E-state index in [1.165, 1.54) is 31.2 Å². The SMILES string of the molecule is CCS(=O)(=O)c1ccc([C@@H](CC#N)c2nc(N3C[C@@H](Oc4ccc(C(F)(F)F)cc4)C[C@H]3COC(F)F)sc2C(N)=O)cc1. The Morgan fingerprint density at radius 1 is 1.18 bits per heavy atom. The highest BCUT2D eigenvalue weighted by molar-refractivity contribution is 7.91. The van der Waals surface area contributed by atoms with Gasteiger partial charge in [0.1, 0.15) is 16.7 Å². The molecule has 4 rings (SSSR count). The predicted molar refractivity (Wildman–Crippen MR) is 150 cm³/mol. The van der Waals surface area contributed by atoms with Crippen molar-refractivity contribution in [2.75, 3.05) is 23.8 Å². The molecule has 0 unspecified atom stereocenters. The number of ether oxygens (including phenoxy) is 2. The summed E-state index contributed by atoms with van der Waals surface area (Å²) < 4.78 is 99.7. The molecule has 16 heteroatoms. The first-order chi connectivity index (χ1) is 20.7. The summed E-state index contributed by atoms with van der Waals surface area (Å²) in [7, 11) is -3.49. The minimum Gasteiger partial charge on any atom is -0.489 e. The first-order valence-electron chi connectivity index (χ1n) is 13.2. The van der Waals surface area contributed by atoms with Crippen LogP contribution in [0, 0.1) is 11.3 Å². The van der Waals surface area contributed by atoms with Crippen LogP contribution in [0.3, 0.4) is 0 Å². The maximum absolute atomic E-state index is 13.0. The fourth-order valence-corrected chi connectivity index (χ4v) is 6.79. The monoisotopic (exact) mass is 658 g/mol. The number of sulfone groups is 1. The Morgan fingerprint density at radius 2 is 1.84 bits per heavy atom. The zero-order valence-corrected chi connectivity index (χ0v) is 24.8. The predicted octanol–water partition coefficient (Wildman–Crippen LogP) is 5.37. The number of aromatic nitrogens is 1. The summed E-state index contributed by atoms with van der Waals surface area (Å²) in [6.45, 7) is -1.94. The Bertz CT molecular complexity index is 1610. The lowest BCUT2D eigenvalue weighted by atomic mass is 9.92. The van der Waals surface area contributed by atoms with Crippen molar-refractivity contribution in [3.63, 3.8) is 0 Å². The maximum Gasteiger partial charge on any atom is 0.416 e. The van der Waals surface area contributed by atoms with Crippen molar-refractivity contribution in [3.05, 3.63) is 70.2 Å². The van der Waals surface area contributed by atoms with Gasteiger partial charge in [-0.3, -0.25) is 4.79 Å². The van der Waals surface area contributed by atoms with E-state index in [4.69, 9.17) is 10.5 Å². The number of primary amides is 1. The van der Waals surface area contributed by atoms with Crippen molar-refractivity contribution in [1.82, 2.24) is 4.98 Å². The summed E-state index contributed by atoms with van der Waals surface area (Å²) in [5.41, 5.74) is 5.47. The number of anilines is 1. The Kier molecular flexibility index (Phi) is 10.1. The Balaban J connectivity index is 1.65. The molecule has 1 fully saturated rings. The summed E-state index contributed by atoms with van der Waals surface area (Å²) in [5, 5.41) is 9.78. The smallest absolute Gasteiger partial charge is 0.416 e. The summed E-state index contributed by atoms with van der Waals surface area (Å²) in [6.07, 6.45) is -5.19. The zero-order chi connectivity index (χ0) is 32.2. The number of carbonyl (C=O) groups excluding carboxylic acids is 1. The van der Waals surface area contributed by atoms with Gasteiger partial charge in [-0.05, 0) is 42.0 Å². The molecule has 3 aromatic rings. The van der Waals surface area contributed by atoms with Gasteiger partial charge in [0.25, 0.3) is 5.91 Å². The van der Waals surface area contributed by atoms with Crippen LogP contribution in [-0.2, 0) is 20.8 Å².